The van der Waals surface area contributed by atoms with Crippen molar-refractivity contribution < 1.29 is 4.39 Å². The average molecular weight is 425 g/mol. The third-order valence-corrected chi connectivity index (χ3v) is 5.99. The van der Waals surface area contributed by atoms with Gasteiger partial charge in [-0.25, -0.2) is 14.2 Å². The van der Waals surface area contributed by atoms with E-state index in [2.05, 4.69) is 22.1 Å². The summed E-state index contributed by atoms with van der Waals surface area (Å²) < 4.78 is 16.4. The highest BCUT2D eigenvalue weighted by Crippen LogP contribution is 2.25. The highest BCUT2D eigenvalue weighted by molar-refractivity contribution is 7.98. The van der Waals surface area contributed by atoms with Crippen molar-refractivity contribution in [3.05, 3.63) is 92.4 Å². The van der Waals surface area contributed by atoms with Crippen molar-refractivity contribution in [2.75, 3.05) is 0 Å². The fraction of sp³-hybridized carbons (Fsp3) is 0.227. The van der Waals surface area contributed by atoms with Crippen molar-refractivity contribution in [2.45, 2.75) is 30.3 Å². The number of imidazole rings is 1. The molecule has 1 N–H and O–H groups in total. The number of benzene rings is 2. The maximum Gasteiger partial charge on any atom is 0.329 e. The number of halogens is 1. The molecule has 0 saturated carbocycles. The first kappa shape index (κ1) is 20.2. The molecule has 0 radical (unpaired) electrons. The van der Waals surface area contributed by atoms with E-state index < -0.39 is 11.2 Å². The zero-order chi connectivity index (χ0) is 21.1. The molecule has 0 aliphatic heterocycles. The lowest BCUT2D eigenvalue weighted by molar-refractivity contribution is 0.608. The Labute approximate surface area is 176 Å². The lowest BCUT2D eigenvalue weighted by atomic mass is 10.1. The molecule has 2 aromatic carbocycles. The Kier molecular flexibility index (Phi) is 5.85. The smallest absolute Gasteiger partial charge is 0.313 e. The molecule has 4 aromatic rings. The van der Waals surface area contributed by atoms with Crippen LogP contribution in [0.3, 0.4) is 0 Å². The first-order valence-corrected chi connectivity index (χ1v) is 10.6. The molecule has 0 atom stereocenters. The van der Waals surface area contributed by atoms with E-state index in [0.29, 0.717) is 28.6 Å². The Morgan fingerprint density at radius 3 is 2.50 bits per heavy atom. The maximum absolute atomic E-state index is 13.2. The molecule has 4 rings (SSSR count). The molecule has 0 saturated heterocycles. The van der Waals surface area contributed by atoms with E-state index in [9.17, 15) is 14.0 Å². The summed E-state index contributed by atoms with van der Waals surface area (Å²) in [6.07, 6.45) is 1.69. The van der Waals surface area contributed by atoms with E-state index in [1.54, 1.807) is 19.2 Å². The van der Waals surface area contributed by atoms with Gasteiger partial charge in [0, 0.05) is 19.3 Å². The van der Waals surface area contributed by atoms with Crippen molar-refractivity contribution in [3.63, 3.8) is 0 Å². The molecule has 0 bridgehead atoms. The van der Waals surface area contributed by atoms with Crippen LogP contribution in [0.1, 0.15) is 17.5 Å². The van der Waals surface area contributed by atoms with Gasteiger partial charge in [-0.3, -0.25) is 14.3 Å². The molecule has 0 spiro atoms. The molecule has 0 amide bonds. The van der Waals surface area contributed by atoms with Crippen molar-refractivity contribution >= 4 is 22.9 Å². The van der Waals surface area contributed by atoms with E-state index in [-0.39, 0.29) is 5.82 Å². The van der Waals surface area contributed by atoms with E-state index in [0.717, 1.165) is 18.4 Å². The number of fused-ring (bicyclic) bond motifs is 1. The minimum atomic E-state index is -0.489. The molecule has 0 aliphatic carbocycles. The summed E-state index contributed by atoms with van der Waals surface area (Å²) in [5.41, 5.74) is 2.01. The van der Waals surface area contributed by atoms with Crippen molar-refractivity contribution in [1.82, 2.24) is 19.1 Å². The van der Waals surface area contributed by atoms with Crippen LogP contribution in [0.15, 0.2) is 69.3 Å². The number of hydrogen-bond acceptors (Lipinski definition) is 4. The summed E-state index contributed by atoms with van der Waals surface area (Å²) in [7, 11) is 1.59. The Hall–Kier alpha value is -3.13. The second-order valence-corrected chi connectivity index (χ2v) is 7.98. The number of nitrogens with one attached hydrogen (secondary N) is 1. The largest absolute Gasteiger partial charge is 0.329 e. The summed E-state index contributed by atoms with van der Waals surface area (Å²) in [4.78, 5) is 31.5. The van der Waals surface area contributed by atoms with Gasteiger partial charge < -0.3 is 4.57 Å². The second kappa shape index (κ2) is 8.71. The van der Waals surface area contributed by atoms with Crippen LogP contribution in [0, 0.1) is 5.82 Å². The number of aromatic nitrogens is 4. The lowest BCUT2D eigenvalue weighted by Gasteiger charge is -2.09. The van der Waals surface area contributed by atoms with Gasteiger partial charge in [0.15, 0.2) is 16.3 Å². The first-order valence-electron chi connectivity index (χ1n) is 9.63. The summed E-state index contributed by atoms with van der Waals surface area (Å²) >= 11 is 1.46. The number of aromatic amines is 1. The van der Waals surface area contributed by atoms with Crippen LogP contribution in [-0.2, 0) is 25.8 Å². The minimum Gasteiger partial charge on any atom is -0.313 e. The van der Waals surface area contributed by atoms with Crippen LogP contribution in [-0.4, -0.2) is 19.1 Å². The molecular formula is C22H21FN4O2S. The average Bonchev–Trinajstić information content (AvgIpc) is 3.12. The topological polar surface area (TPSA) is 72.7 Å². The minimum absolute atomic E-state index is 0.279. The van der Waals surface area contributed by atoms with Gasteiger partial charge in [0.25, 0.3) is 5.56 Å². The summed E-state index contributed by atoms with van der Waals surface area (Å²) in [6.45, 7) is 0.596. The van der Waals surface area contributed by atoms with Crippen LogP contribution in [0.2, 0.25) is 0 Å². The molecule has 2 heterocycles. The van der Waals surface area contributed by atoms with Gasteiger partial charge in [-0.1, -0.05) is 54.2 Å². The predicted octanol–water partition coefficient (Wildman–Crippen LogP) is 3.49. The van der Waals surface area contributed by atoms with Gasteiger partial charge in [-0.15, -0.1) is 0 Å². The van der Waals surface area contributed by atoms with Crippen LogP contribution < -0.4 is 11.2 Å². The van der Waals surface area contributed by atoms with Gasteiger partial charge in [0.2, 0.25) is 0 Å². The van der Waals surface area contributed by atoms with Crippen molar-refractivity contribution in [2.24, 2.45) is 7.05 Å². The Balaban J connectivity index is 1.64. The van der Waals surface area contributed by atoms with Crippen LogP contribution in [0.25, 0.3) is 11.2 Å². The quantitative estimate of drug-likeness (QED) is 0.461. The molecule has 0 fully saturated rings. The third kappa shape index (κ3) is 4.23. The Morgan fingerprint density at radius 1 is 1.03 bits per heavy atom. The SMILES string of the molecule is Cn1c(=O)[nH]c(=O)c2c1nc(SCc1ccc(F)cc1)n2CCCc1ccccc1. The van der Waals surface area contributed by atoms with Gasteiger partial charge in [0.05, 0.1) is 0 Å². The predicted molar refractivity (Wildman–Crippen MR) is 116 cm³/mol. The lowest BCUT2D eigenvalue weighted by Crippen LogP contribution is -2.29. The van der Waals surface area contributed by atoms with Crippen molar-refractivity contribution in [1.29, 1.82) is 0 Å². The highest BCUT2D eigenvalue weighted by atomic mass is 32.2. The number of nitrogens with zero attached hydrogens (tertiary/aromatic N) is 3. The fourth-order valence-electron chi connectivity index (χ4n) is 3.35. The molecule has 8 heteroatoms. The molecule has 0 aliphatic rings. The molecule has 0 unspecified atom stereocenters. The number of hydrogen-bond donors (Lipinski definition) is 1. The summed E-state index contributed by atoms with van der Waals surface area (Å²) in [5.74, 6) is 0.298. The van der Waals surface area contributed by atoms with E-state index in [1.165, 1.54) is 34.0 Å². The monoisotopic (exact) mass is 424 g/mol. The van der Waals surface area contributed by atoms with E-state index in [4.69, 9.17) is 0 Å². The highest BCUT2D eigenvalue weighted by Gasteiger charge is 2.17. The molecule has 30 heavy (non-hydrogen) atoms. The molecule has 6 nitrogen and oxygen atoms in total. The zero-order valence-corrected chi connectivity index (χ0v) is 17.3. The van der Waals surface area contributed by atoms with Gasteiger partial charge in [-0.2, -0.15) is 0 Å². The Bertz CT molecular complexity index is 1280. The third-order valence-electron chi connectivity index (χ3n) is 4.94. The van der Waals surface area contributed by atoms with Crippen LogP contribution in [0.4, 0.5) is 4.39 Å². The second-order valence-electron chi connectivity index (χ2n) is 7.04. The van der Waals surface area contributed by atoms with Gasteiger partial charge in [-0.05, 0) is 36.1 Å². The molecular weight excluding hydrogens is 403 g/mol. The Morgan fingerprint density at radius 2 is 1.77 bits per heavy atom. The zero-order valence-electron chi connectivity index (χ0n) is 16.5. The van der Waals surface area contributed by atoms with E-state index in [1.807, 2.05) is 22.8 Å². The van der Waals surface area contributed by atoms with Crippen LogP contribution in [0.5, 0.6) is 0 Å². The maximum atomic E-state index is 13.2. The van der Waals surface area contributed by atoms with Crippen LogP contribution >= 0.6 is 11.8 Å². The number of aryl methyl sites for hydroxylation is 3. The van der Waals surface area contributed by atoms with Crippen molar-refractivity contribution in [3.8, 4) is 0 Å². The summed E-state index contributed by atoms with van der Waals surface area (Å²) in [6, 6.07) is 16.5. The number of H-pyrrole nitrogens is 1. The number of rotatable bonds is 7. The molecule has 2 aromatic heterocycles. The molecule has 154 valence electrons. The number of thioether (sulfide) groups is 1. The summed E-state index contributed by atoms with van der Waals surface area (Å²) in [5, 5.41) is 0.661. The van der Waals surface area contributed by atoms with Gasteiger partial charge in [0.1, 0.15) is 5.82 Å². The van der Waals surface area contributed by atoms with E-state index >= 15 is 0 Å². The van der Waals surface area contributed by atoms with Gasteiger partial charge >= 0.3 is 5.69 Å². The first-order chi connectivity index (χ1) is 14.5. The fourth-order valence-corrected chi connectivity index (χ4v) is 4.32. The standard InChI is InChI=1S/C22H21FN4O2S/c1-26-19-18(20(28)25-21(26)29)27(13-5-8-15-6-3-2-4-7-15)22(24-19)30-14-16-9-11-17(23)12-10-16/h2-4,6-7,9-12H,5,8,13-14H2,1H3,(H,25,28,29). The normalized spacial score (nSPS) is 11.3.